The van der Waals surface area contributed by atoms with Crippen molar-refractivity contribution in [2.24, 2.45) is 5.92 Å². The lowest BCUT2D eigenvalue weighted by molar-refractivity contribution is -0.160. The summed E-state index contributed by atoms with van der Waals surface area (Å²) in [6, 6.07) is 4.67. The second-order valence-electron chi connectivity index (χ2n) is 9.15. The van der Waals surface area contributed by atoms with Crippen LogP contribution in [0.4, 0.5) is 5.69 Å². The highest BCUT2D eigenvalue weighted by Gasteiger charge is 2.32. The van der Waals surface area contributed by atoms with E-state index in [2.05, 4.69) is 10.2 Å². The van der Waals surface area contributed by atoms with Crippen molar-refractivity contribution >= 4 is 34.6 Å². The van der Waals surface area contributed by atoms with Crippen molar-refractivity contribution in [2.45, 2.75) is 58.1 Å². The molecule has 3 heterocycles. The topological polar surface area (TPSA) is 111 Å². The molecule has 1 N–H and O–H groups in total. The Balaban J connectivity index is 1.50. The van der Waals surface area contributed by atoms with Crippen LogP contribution in [0.3, 0.4) is 0 Å². The number of benzene rings is 1. The molecular formula is C22H27N3O6. The smallest absolute Gasteiger partial charge is 0.420 e. The molecule has 2 fully saturated rings. The monoisotopic (exact) mass is 429 g/mol. The van der Waals surface area contributed by atoms with E-state index < -0.39 is 23.3 Å². The van der Waals surface area contributed by atoms with E-state index in [9.17, 15) is 19.2 Å². The summed E-state index contributed by atoms with van der Waals surface area (Å²) in [6.07, 6.45) is 1.82. The van der Waals surface area contributed by atoms with Crippen LogP contribution in [0.5, 0.6) is 0 Å². The van der Waals surface area contributed by atoms with Gasteiger partial charge in [0.05, 0.1) is 11.4 Å². The van der Waals surface area contributed by atoms with Gasteiger partial charge in [-0.05, 0) is 52.2 Å². The predicted molar refractivity (Wildman–Crippen MR) is 113 cm³/mol. The average molecular weight is 429 g/mol. The van der Waals surface area contributed by atoms with Gasteiger partial charge in [-0.2, -0.15) is 0 Å². The predicted octanol–water partition coefficient (Wildman–Crippen LogP) is 2.13. The van der Waals surface area contributed by atoms with Crippen LogP contribution in [-0.2, 0) is 19.1 Å². The van der Waals surface area contributed by atoms with Crippen LogP contribution in [0.25, 0.3) is 11.1 Å². The Kier molecular flexibility index (Phi) is 5.36. The Labute approximate surface area is 179 Å². The van der Waals surface area contributed by atoms with Gasteiger partial charge in [0.25, 0.3) is 0 Å². The highest BCUT2D eigenvalue weighted by atomic mass is 16.6. The summed E-state index contributed by atoms with van der Waals surface area (Å²) in [5.41, 5.74) is 1.31. The van der Waals surface area contributed by atoms with Crippen molar-refractivity contribution in [3.8, 4) is 0 Å². The Morgan fingerprint density at radius 3 is 2.48 bits per heavy atom. The number of oxazole rings is 1. The number of piperidine rings is 2. The highest BCUT2D eigenvalue weighted by Crippen LogP contribution is 2.29. The minimum Gasteiger partial charge on any atom is -0.460 e. The minimum absolute atomic E-state index is 0.120. The molecule has 2 aromatic rings. The van der Waals surface area contributed by atoms with E-state index in [0.29, 0.717) is 37.0 Å². The molecule has 2 aliphatic rings. The van der Waals surface area contributed by atoms with E-state index in [1.54, 1.807) is 12.1 Å². The summed E-state index contributed by atoms with van der Waals surface area (Å²) in [7, 11) is 0. The van der Waals surface area contributed by atoms with Gasteiger partial charge in [0, 0.05) is 31.3 Å². The molecule has 1 unspecified atom stereocenters. The number of carbonyl (C=O) groups excluding carboxylic acids is 3. The number of amides is 2. The maximum Gasteiger partial charge on any atom is 0.420 e. The van der Waals surface area contributed by atoms with Gasteiger partial charge < -0.3 is 14.1 Å². The van der Waals surface area contributed by atoms with E-state index in [4.69, 9.17) is 9.15 Å². The number of hydrogen-bond acceptors (Lipinski definition) is 7. The van der Waals surface area contributed by atoms with Crippen LogP contribution in [0, 0.1) is 5.92 Å². The second-order valence-corrected chi connectivity index (χ2v) is 9.15. The first-order chi connectivity index (χ1) is 14.6. The fraction of sp³-hybridized carbons (Fsp3) is 0.545. The normalized spacial score (nSPS) is 20.7. The van der Waals surface area contributed by atoms with Gasteiger partial charge >= 0.3 is 11.7 Å². The Morgan fingerprint density at radius 2 is 1.84 bits per heavy atom. The average Bonchev–Trinajstić information content (AvgIpc) is 3.02. The number of carbonyl (C=O) groups is 3. The molecule has 4 rings (SSSR count). The number of imide groups is 1. The third-order valence-electron chi connectivity index (χ3n) is 5.72. The molecule has 1 aromatic carbocycles. The van der Waals surface area contributed by atoms with Crippen molar-refractivity contribution in [2.75, 3.05) is 18.0 Å². The molecule has 0 radical (unpaired) electrons. The maximum atomic E-state index is 12.5. The fourth-order valence-corrected chi connectivity index (χ4v) is 4.20. The lowest BCUT2D eigenvalue weighted by Crippen LogP contribution is -2.43. The van der Waals surface area contributed by atoms with Crippen LogP contribution < -0.4 is 16.0 Å². The van der Waals surface area contributed by atoms with Gasteiger partial charge in [-0.1, -0.05) is 0 Å². The molecule has 0 saturated carbocycles. The quantitative estimate of drug-likeness (QED) is 0.588. The Hall–Kier alpha value is -3.10. The van der Waals surface area contributed by atoms with Gasteiger partial charge in [-0.25, -0.2) is 4.79 Å². The second kappa shape index (κ2) is 7.86. The molecule has 9 nitrogen and oxygen atoms in total. The summed E-state index contributed by atoms with van der Waals surface area (Å²) >= 11 is 0. The van der Waals surface area contributed by atoms with Crippen LogP contribution in [0.2, 0.25) is 0 Å². The van der Waals surface area contributed by atoms with Gasteiger partial charge in [0.2, 0.25) is 11.8 Å². The van der Waals surface area contributed by atoms with Crippen molar-refractivity contribution in [1.82, 2.24) is 9.88 Å². The summed E-state index contributed by atoms with van der Waals surface area (Å²) in [5.74, 6) is -1.72. The van der Waals surface area contributed by atoms with Crippen LogP contribution >= 0.6 is 0 Å². The van der Waals surface area contributed by atoms with E-state index in [1.165, 1.54) is 4.57 Å². The Morgan fingerprint density at radius 1 is 1.13 bits per heavy atom. The molecule has 0 aliphatic carbocycles. The number of fused-ring (bicyclic) bond motifs is 1. The first-order valence-corrected chi connectivity index (χ1v) is 10.6. The van der Waals surface area contributed by atoms with E-state index in [1.807, 2.05) is 26.8 Å². The number of ether oxygens (including phenoxy) is 1. The van der Waals surface area contributed by atoms with E-state index in [0.717, 1.165) is 5.69 Å². The van der Waals surface area contributed by atoms with Gasteiger partial charge in [-0.15, -0.1) is 0 Å². The molecule has 2 amide bonds. The summed E-state index contributed by atoms with van der Waals surface area (Å²) in [6.45, 7) is 6.97. The molecule has 1 aromatic heterocycles. The van der Waals surface area contributed by atoms with Crippen molar-refractivity contribution in [1.29, 1.82) is 0 Å². The first-order valence-electron chi connectivity index (χ1n) is 10.6. The summed E-state index contributed by atoms with van der Waals surface area (Å²) in [5, 5.41) is 2.27. The fourth-order valence-electron chi connectivity index (χ4n) is 4.20. The van der Waals surface area contributed by atoms with E-state index in [-0.39, 0.29) is 30.6 Å². The molecule has 0 bridgehead atoms. The molecule has 166 valence electrons. The third kappa shape index (κ3) is 4.35. The first kappa shape index (κ1) is 21.1. The van der Waals surface area contributed by atoms with Gasteiger partial charge in [0.15, 0.2) is 5.58 Å². The number of hydrogen-bond donors (Lipinski definition) is 1. The Bertz CT molecular complexity index is 1080. The third-order valence-corrected chi connectivity index (χ3v) is 5.72. The number of esters is 1. The number of rotatable bonds is 3. The standard InChI is InChI=1S/C22H27N3O6/c1-22(2,3)31-20(28)13-8-10-24(11-9-13)14-4-5-15-17(12-14)30-21(29)25(15)16-6-7-18(26)23-19(16)27/h4-5,12-13,16H,6-11H2,1-3H3,(H,23,26,27). The highest BCUT2D eigenvalue weighted by molar-refractivity contribution is 6.00. The number of nitrogens with one attached hydrogen (secondary N) is 1. The SMILES string of the molecule is CC(C)(C)OC(=O)C1CCN(c2ccc3c(c2)oc(=O)n3C2CCC(=O)NC2=O)CC1. The molecular weight excluding hydrogens is 402 g/mol. The number of anilines is 1. The molecule has 1 atom stereocenters. The van der Waals surface area contributed by atoms with Gasteiger partial charge in [0.1, 0.15) is 11.6 Å². The zero-order valence-corrected chi connectivity index (χ0v) is 18.0. The maximum absolute atomic E-state index is 12.5. The van der Waals surface area contributed by atoms with Crippen molar-refractivity contribution in [3.05, 3.63) is 28.7 Å². The van der Waals surface area contributed by atoms with Crippen molar-refractivity contribution in [3.63, 3.8) is 0 Å². The van der Waals surface area contributed by atoms with Crippen LogP contribution in [0.1, 0.15) is 52.5 Å². The number of aromatic nitrogens is 1. The molecule has 0 spiro atoms. The van der Waals surface area contributed by atoms with Gasteiger partial charge in [-0.3, -0.25) is 24.3 Å². The molecule has 2 aliphatic heterocycles. The summed E-state index contributed by atoms with van der Waals surface area (Å²) in [4.78, 5) is 50.5. The molecule has 31 heavy (non-hydrogen) atoms. The molecule has 2 saturated heterocycles. The largest absolute Gasteiger partial charge is 0.460 e. The lowest BCUT2D eigenvalue weighted by atomic mass is 9.96. The van der Waals surface area contributed by atoms with E-state index >= 15 is 0 Å². The summed E-state index contributed by atoms with van der Waals surface area (Å²) < 4.78 is 12.2. The lowest BCUT2D eigenvalue weighted by Gasteiger charge is -2.33. The molecule has 9 heteroatoms. The minimum atomic E-state index is -0.762. The van der Waals surface area contributed by atoms with Crippen molar-refractivity contribution < 1.29 is 23.5 Å². The number of nitrogens with zero attached hydrogens (tertiary/aromatic N) is 2. The van der Waals surface area contributed by atoms with Crippen LogP contribution in [-0.4, -0.2) is 41.0 Å². The zero-order chi connectivity index (χ0) is 22.3. The van der Waals surface area contributed by atoms with Crippen LogP contribution in [0.15, 0.2) is 27.4 Å². The zero-order valence-electron chi connectivity index (χ0n) is 18.0.